The van der Waals surface area contributed by atoms with Gasteiger partial charge in [0.1, 0.15) is 5.76 Å². The van der Waals surface area contributed by atoms with Gasteiger partial charge in [-0.05, 0) is 38.1 Å². The van der Waals surface area contributed by atoms with E-state index in [0.717, 1.165) is 34.0 Å². The lowest BCUT2D eigenvalue weighted by Crippen LogP contribution is -2.15. The average molecular weight is 338 g/mol. The molecular formula is C19H22N4O2. The Morgan fingerprint density at radius 3 is 2.52 bits per heavy atom. The number of hydrogen-bond donors (Lipinski definition) is 2. The summed E-state index contributed by atoms with van der Waals surface area (Å²) in [4.78, 5) is 16.5. The number of rotatable bonds is 5. The van der Waals surface area contributed by atoms with E-state index >= 15 is 0 Å². The van der Waals surface area contributed by atoms with E-state index in [9.17, 15) is 4.79 Å². The summed E-state index contributed by atoms with van der Waals surface area (Å²) in [7, 11) is 0. The molecule has 2 heterocycles. The van der Waals surface area contributed by atoms with E-state index in [4.69, 9.17) is 4.42 Å². The maximum atomic E-state index is 12.2. The Hall–Kier alpha value is -2.89. The zero-order valence-electron chi connectivity index (χ0n) is 14.9. The number of H-pyrrole nitrogens is 1. The first-order valence-corrected chi connectivity index (χ1v) is 8.30. The Morgan fingerprint density at radius 1 is 1.24 bits per heavy atom. The average Bonchev–Trinajstić information content (AvgIpc) is 3.18. The maximum absolute atomic E-state index is 12.2. The summed E-state index contributed by atoms with van der Waals surface area (Å²) in [6, 6.07) is 7.48. The van der Waals surface area contributed by atoms with Crippen molar-refractivity contribution in [1.82, 2.24) is 15.2 Å². The predicted octanol–water partition coefficient (Wildman–Crippen LogP) is 3.99. The second kappa shape index (κ2) is 6.93. The fourth-order valence-corrected chi connectivity index (χ4v) is 2.58. The minimum atomic E-state index is -0.0708. The number of amides is 1. The minimum absolute atomic E-state index is 0.0708. The third-order valence-corrected chi connectivity index (χ3v) is 4.13. The largest absolute Gasteiger partial charge is 0.441 e. The summed E-state index contributed by atoms with van der Waals surface area (Å²) >= 11 is 0. The first kappa shape index (κ1) is 17.0. The topological polar surface area (TPSA) is 83.8 Å². The summed E-state index contributed by atoms with van der Waals surface area (Å²) < 4.78 is 5.74. The van der Waals surface area contributed by atoms with E-state index in [0.29, 0.717) is 18.2 Å². The lowest BCUT2D eigenvalue weighted by Gasteiger charge is -2.06. The van der Waals surface area contributed by atoms with Crippen molar-refractivity contribution in [2.45, 2.75) is 40.0 Å². The van der Waals surface area contributed by atoms with Crippen LogP contribution in [-0.2, 0) is 11.2 Å². The van der Waals surface area contributed by atoms with Gasteiger partial charge in [0.05, 0.1) is 18.3 Å². The van der Waals surface area contributed by atoms with Crippen molar-refractivity contribution in [2.75, 3.05) is 5.32 Å². The van der Waals surface area contributed by atoms with Crippen molar-refractivity contribution in [1.29, 1.82) is 0 Å². The molecule has 130 valence electrons. The quantitative estimate of drug-likeness (QED) is 0.737. The highest BCUT2D eigenvalue weighted by Crippen LogP contribution is 2.24. The van der Waals surface area contributed by atoms with E-state index < -0.39 is 0 Å². The minimum Gasteiger partial charge on any atom is -0.441 e. The highest BCUT2D eigenvalue weighted by Gasteiger charge is 2.12. The van der Waals surface area contributed by atoms with Gasteiger partial charge in [-0.3, -0.25) is 9.89 Å². The van der Waals surface area contributed by atoms with Gasteiger partial charge in [0.25, 0.3) is 0 Å². The van der Waals surface area contributed by atoms with Crippen LogP contribution in [0.2, 0.25) is 0 Å². The van der Waals surface area contributed by atoms with Gasteiger partial charge in [-0.25, -0.2) is 4.98 Å². The first-order valence-electron chi connectivity index (χ1n) is 8.30. The Bertz CT molecular complexity index is 856. The van der Waals surface area contributed by atoms with E-state index in [1.807, 2.05) is 38.1 Å². The van der Waals surface area contributed by atoms with Gasteiger partial charge in [0.15, 0.2) is 0 Å². The number of carbonyl (C=O) groups is 1. The van der Waals surface area contributed by atoms with E-state index in [2.05, 4.69) is 34.3 Å². The summed E-state index contributed by atoms with van der Waals surface area (Å²) in [6.45, 7) is 7.93. The molecule has 2 N–H and O–H groups in total. The van der Waals surface area contributed by atoms with Crippen LogP contribution in [0.1, 0.15) is 42.5 Å². The van der Waals surface area contributed by atoms with Crippen LogP contribution in [0.3, 0.4) is 0 Å². The summed E-state index contributed by atoms with van der Waals surface area (Å²) in [5.41, 5.74) is 4.34. The second-order valence-corrected chi connectivity index (χ2v) is 6.44. The molecule has 0 saturated heterocycles. The van der Waals surface area contributed by atoms with Gasteiger partial charge in [0, 0.05) is 28.4 Å². The Kier molecular flexibility index (Phi) is 4.70. The van der Waals surface area contributed by atoms with Crippen molar-refractivity contribution >= 4 is 11.6 Å². The van der Waals surface area contributed by atoms with Crippen LogP contribution < -0.4 is 5.32 Å². The number of aryl methyl sites for hydroxylation is 2. The third kappa shape index (κ3) is 3.79. The molecule has 0 spiro atoms. The van der Waals surface area contributed by atoms with Gasteiger partial charge >= 0.3 is 0 Å². The van der Waals surface area contributed by atoms with Gasteiger partial charge in [-0.15, -0.1) is 0 Å². The number of anilines is 1. The predicted molar refractivity (Wildman–Crippen MR) is 96.4 cm³/mol. The molecule has 0 unspecified atom stereocenters. The van der Waals surface area contributed by atoms with Crippen LogP contribution in [0.4, 0.5) is 5.69 Å². The molecule has 1 aromatic carbocycles. The van der Waals surface area contributed by atoms with Crippen molar-refractivity contribution in [3.8, 4) is 11.5 Å². The molecule has 0 radical (unpaired) electrons. The molecule has 0 aliphatic heterocycles. The highest BCUT2D eigenvalue weighted by molar-refractivity contribution is 5.92. The maximum Gasteiger partial charge on any atom is 0.228 e. The van der Waals surface area contributed by atoms with Crippen LogP contribution in [0.5, 0.6) is 0 Å². The normalized spacial score (nSPS) is 11.1. The lowest BCUT2D eigenvalue weighted by molar-refractivity contribution is -0.115. The molecule has 0 aliphatic rings. The SMILES string of the molecule is Cc1n[nH]c(C)c1CC(=O)Nc1ccc(-c2ncc(C(C)C)o2)cc1. The van der Waals surface area contributed by atoms with Crippen LogP contribution in [0.15, 0.2) is 34.9 Å². The van der Waals surface area contributed by atoms with E-state index in [-0.39, 0.29) is 5.91 Å². The number of aromatic amines is 1. The number of aromatic nitrogens is 3. The monoisotopic (exact) mass is 338 g/mol. The van der Waals surface area contributed by atoms with Gasteiger partial charge in [-0.1, -0.05) is 13.8 Å². The zero-order valence-corrected chi connectivity index (χ0v) is 14.9. The van der Waals surface area contributed by atoms with Crippen LogP contribution in [0.25, 0.3) is 11.5 Å². The zero-order chi connectivity index (χ0) is 18.0. The molecule has 2 aromatic heterocycles. The molecule has 0 bridgehead atoms. The first-order chi connectivity index (χ1) is 11.9. The van der Waals surface area contributed by atoms with Crippen molar-refractivity contribution in [2.24, 2.45) is 0 Å². The third-order valence-electron chi connectivity index (χ3n) is 4.13. The summed E-state index contributed by atoms with van der Waals surface area (Å²) in [6.07, 6.45) is 2.05. The van der Waals surface area contributed by atoms with Crippen LogP contribution in [0, 0.1) is 13.8 Å². The smallest absolute Gasteiger partial charge is 0.228 e. The Balaban J connectivity index is 1.67. The summed E-state index contributed by atoms with van der Waals surface area (Å²) in [5, 5.41) is 9.91. The van der Waals surface area contributed by atoms with E-state index in [1.165, 1.54) is 0 Å². The number of benzene rings is 1. The van der Waals surface area contributed by atoms with Crippen LogP contribution in [-0.4, -0.2) is 21.1 Å². The molecule has 6 heteroatoms. The second-order valence-electron chi connectivity index (χ2n) is 6.44. The van der Waals surface area contributed by atoms with Gasteiger partial charge < -0.3 is 9.73 Å². The van der Waals surface area contributed by atoms with Gasteiger partial charge in [-0.2, -0.15) is 5.10 Å². The van der Waals surface area contributed by atoms with E-state index in [1.54, 1.807) is 6.20 Å². The fraction of sp³-hybridized carbons (Fsp3) is 0.316. The molecule has 0 fully saturated rings. The Morgan fingerprint density at radius 2 is 1.96 bits per heavy atom. The van der Waals surface area contributed by atoms with Crippen LogP contribution >= 0.6 is 0 Å². The number of nitrogens with zero attached hydrogens (tertiary/aromatic N) is 2. The molecule has 3 rings (SSSR count). The summed E-state index contributed by atoms with van der Waals surface area (Å²) in [5.74, 6) is 1.68. The molecule has 6 nitrogen and oxygen atoms in total. The highest BCUT2D eigenvalue weighted by atomic mass is 16.4. The van der Waals surface area contributed by atoms with Crippen molar-refractivity contribution < 1.29 is 9.21 Å². The fourth-order valence-electron chi connectivity index (χ4n) is 2.58. The molecule has 3 aromatic rings. The lowest BCUT2D eigenvalue weighted by atomic mass is 10.1. The number of nitrogens with one attached hydrogen (secondary N) is 2. The Labute approximate surface area is 146 Å². The van der Waals surface area contributed by atoms with Crippen molar-refractivity contribution in [3.05, 3.63) is 53.2 Å². The molecule has 0 saturated carbocycles. The molecule has 1 amide bonds. The number of carbonyl (C=O) groups excluding carboxylic acids is 1. The van der Waals surface area contributed by atoms with Gasteiger partial charge in [0.2, 0.25) is 11.8 Å². The molecule has 0 aliphatic carbocycles. The molecule has 25 heavy (non-hydrogen) atoms. The number of oxazole rings is 1. The molecular weight excluding hydrogens is 316 g/mol. The number of hydrogen-bond acceptors (Lipinski definition) is 4. The standard InChI is InChI=1S/C19H22N4O2/c1-11(2)17-10-20-19(25-17)14-5-7-15(8-6-14)21-18(24)9-16-12(3)22-23-13(16)4/h5-8,10-11H,9H2,1-4H3,(H,21,24)(H,22,23). The molecule has 0 atom stereocenters. The van der Waals surface area contributed by atoms with Crippen molar-refractivity contribution in [3.63, 3.8) is 0 Å².